The van der Waals surface area contributed by atoms with Crippen LogP contribution in [0.15, 0.2) is 9.98 Å². The fourth-order valence-electron chi connectivity index (χ4n) is 0.209. The Morgan fingerprint density at radius 3 is 2.27 bits per heavy atom. The molecule has 0 unspecified atom stereocenters. The molecule has 0 heterocycles. The maximum absolute atomic E-state index is 6.88. The number of aliphatic imine (C=N–C) groups is 2. The molecule has 3 N–H and O–H groups in total. The van der Waals surface area contributed by atoms with E-state index in [1.54, 1.807) is 0 Å². The Morgan fingerprint density at radius 1 is 1.55 bits per heavy atom. The molecular weight excluding hydrogens is 185 g/mol. The van der Waals surface area contributed by atoms with Crippen molar-refractivity contribution in [3.8, 4) is 0 Å². The Hall–Kier alpha value is -0.716. The van der Waals surface area contributed by atoms with Crippen molar-refractivity contribution in [2.45, 2.75) is 0 Å². The average Bonchev–Trinajstić information content (AvgIpc) is 1.87. The molecule has 0 rings (SSSR count). The third-order valence-corrected chi connectivity index (χ3v) is 0.661. The van der Waals surface area contributed by atoms with Crippen LogP contribution in [0.2, 0.25) is 0 Å². The van der Waals surface area contributed by atoms with Crippen LogP contribution in [-0.2, 0) is 24.0 Å². The maximum Gasteiger partial charge on any atom is 4.00 e. The second kappa shape index (κ2) is 9.28. The van der Waals surface area contributed by atoms with E-state index in [-0.39, 0.29) is 36.0 Å². The molecule has 0 saturated carbocycles. The van der Waals surface area contributed by atoms with Crippen molar-refractivity contribution < 1.29 is 24.0 Å². The number of rotatable bonds is 0. The summed E-state index contributed by atoms with van der Waals surface area (Å²) in [6.45, 7) is 0. The molecule has 61 valence electrons. The first-order valence-corrected chi connectivity index (χ1v) is 2.33. The van der Waals surface area contributed by atoms with Crippen molar-refractivity contribution in [2.75, 3.05) is 14.1 Å². The molecule has 6 nitrogen and oxygen atoms in total. The zero-order valence-corrected chi connectivity index (χ0v) is 7.67. The smallest absolute Gasteiger partial charge is 2.00 e. The molecule has 0 aliphatic rings. The molecule has 0 aromatic carbocycles. The predicted molar refractivity (Wildman–Crippen MR) is 39.3 cm³/mol. The van der Waals surface area contributed by atoms with E-state index in [2.05, 4.69) is 15.3 Å². The van der Waals surface area contributed by atoms with Crippen LogP contribution in [0.3, 0.4) is 0 Å². The zero-order chi connectivity index (χ0) is 7.28. The van der Waals surface area contributed by atoms with Crippen LogP contribution in [0.25, 0.3) is 11.1 Å². The quantitative estimate of drug-likeness (QED) is 0.430. The van der Waals surface area contributed by atoms with Gasteiger partial charge in [-0.15, -0.1) is 0 Å². The van der Waals surface area contributed by atoms with Crippen molar-refractivity contribution >= 4 is 11.9 Å². The topological polar surface area (TPSA) is 117 Å². The maximum atomic E-state index is 6.88. The fourth-order valence-corrected chi connectivity index (χ4v) is 0.209. The first kappa shape index (κ1) is 16.7. The van der Waals surface area contributed by atoms with Crippen LogP contribution >= 0.6 is 0 Å². The van der Waals surface area contributed by atoms with E-state index in [1.807, 2.05) is 0 Å². The third-order valence-electron chi connectivity index (χ3n) is 0.661. The Labute approximate surface area is 77.3 Å². The first-order chi connectivity index (χ1) is 4.20. The van der Waals surface area contributed by atoms with Gasteiger partial charge in [0.1, 0.15) is 0 Å². The Morgan fingerprint density at radius 2 is 2.00 bits per heavy atom. The molecule has 7 heteroatoms. The number of nitrogens with zero attached hydrogens (tertiary/aromatic N) is 3. The van der Waals surface area contributed by atoms with E-state index in [1.165, 1.54) is 14.1 Å². The number of nitrogens with two attached hydrogens (primary N) is 1. The molecule has 0 saturated heterocycles. The van der Waals surface area contributed by atoms with Crippen molar-refractivity contribution in [1.29, 1.82) is 0 Å². The summed E-state index contributed by atoms with van der Waals surface area (Å²) in [4.78, 5) is 6.96. The molecule has 0 atom stereocenters. The minimum atomic E-state index is -0.113. The van der Waals surface area contributed by atoms with Crippen LogP contribution in [0.1, 0.15) is 0 Å². The van der Waals surface area contributed by atoms with E-state index < -0.39 is 0 Å². The van der Waals surface area contributed by atoms with Gasteiger partial charge in [0, 0.05) is 7.05 Å². The molecular formula is C4H9N5OV. The van der Waals surface area contributed by atoms with Gasteiger partial charge in [-0.2, -0.15) is 5.96 Å². The summed E-state index contributed by atoms with van der Waals surface area (Å²) in [6, 6.07) is 0. The van der Waals surface area contributed by atoms with Crippen LogP contribution in [-0.4, -0.2) is 26.0 Å². The average molecular weight is 194 g/mol. The molecule has 11 heavy (non-hydrogen) atoms. The molecule has 0 spiro atoms. The van der Waals surface area contributed by atoms with Crippen LogP contribution in [0.5, 0.6) is 0 Å². The normalized spacial score (nSPS) is 11.1. The van der Waals surface area contributed by atoms with Gasteiger partial charge in [0.05, 0.1) is 5.96 Å². The summed E-state index contributed by atoms with van der Waals surface area (Å²) >= 11 is 0. The Kier molecular flexibility index (Phi) is 14.1. The Balaban J connectivity index is -0.000000320. The fraction of sp³-hybridized carbons (Fsp3) is 0.500. The summed E-state index contributed by atoms with van der Waals surface area (Å²) in [7, 11) is 2.97. The zero-order valence-electron chi connectivity index (χ0n) is 6.27. The van der Waals surface area contributed by atoms with E-state index in [9.17, 15) is 0 Å². The number of guanidine groups is 2. The molecule has 0 aromatic rings. The largest absolute Gasteiger partial charge is 4.00 e. The predicted octanol–water partition coefficient (Wildman–Crippen LogP) is 0.221. The van der Waals surface area contributed by atoms with Gasteiger partial charge in [0.15, 0.2) is 0 Å². The van der Waals surface area contributed by atoms with Gasteiger partial charge in [-0.05, 0) is 0 Å². The van der Waals surface area contributed by atoms with Gasteiger partial charge >= 0.3 is 18.6 Å². The molecule has 0 fully saturated rings. The molecule has 1 radical (unpaired) electrons. The van der Waals surface area contributed by atoms with Crippen LogP contribution in [0, 0.1) is 0 Å². The van der Waals surface area contributed by atoms with Crippen LogP contribution < -0.4 is 5.73 Å². The SMILES string of the molecule is CN=C(N)/N=C(\[NH-])[N-]C.[O-2].[V+4]. The summed E-state index contributed by atoms with van der Waals surface area (Å²) in [5.41, 5.74) is 12.0. The standard InChI is InChI=1S/C4H9N5.O.V/c1-7-3(5)9-4(6)8-2;;/h1-2H3,(H3-2,5,6,7,8,9);;/q2*-2;+4. The van der Waals surface area contributed by atoms with Crippen molar-refractivity contribution in [1.82, 2.24) is 0 Å². The van der Waals surface area contributed by atoms with Crippen molar-refractivity contribution in [3.05, 3.63) is 11.1 Å². The van der Waals surface area contributed by atoms with E-state index in [0.29, 0.717) is 0 Å². The number of nitrogens with one attached hydrogen (secondary N) is 1. The summed E-state index contributed by atoms with van der Waals surface area (Å²) < 4.78 is 0. The Bertz CT molecular complexity index is 145. The molecule has 0 bridgehead atoms. The molecule has 0 aromatic heterocycles. The van der Waals surface area contributed by atoms with Crippen molar-refractivity contribution in [2.24, 2.45) is 15.7 Å². The van der Waals surface area contributed by atoms with Gasteiger partial charge < -0.3 is 27.3 Å². The third kappa shape index (κ3) is 9.28. The van der Waals surface area contributed by atoms with Gasteiger partial charge in [0.25, 0.3) is 0 Å². The molecule has 0 aliphatic carbocycles. The molecule has 0 amide bonds. The van der Waals surface area contributed by atoms with Gasteiger partial charge in [-0.1, -0.05) is 7.05 Å². The summed E-state index contributed by atoms with van der Waals surface area (Å²) in [5.74, 6) is -0.0382. The van der Waals surface area contributed by atoms with Gasteiger partial charge in [-0.25, -0.2) is 0 Å². The second-order valence-corrected chi connectivity index (χ2v) is 1.24. The number of hydrogen-bond acceptors (Lipinski definition) is 1. The van der Waals surface area contributed by atoms with Gasteiger partial charge in [-0.3, -0.25) is 4.99 Å². The van der Waals surface area contributed by atoms with Gasteiger partial charge in [0.2, 0.25) is 0 Å². The van der Waals surface area contributed by atoms with Crippen molar-refractivity contribution in [3.63, 3.8) is 0 Å². The first-order valence-electron chi connectivity index (χ1n) is 2.33. The minimum Gasteiger partial charge on any atom is -2.00 e. The second-order valence-electron chi connectivity index (χ2n) is 1.24. The van der Waals surface area contributed by atoms with E-state index in [4.69, 9.17) is 11.5 Å². The monoisotopic (exact) mass is 194 g/mol. The number of hydrogen-bond donors (Lipinski definition) is 1. The van der Waals surface area contributed by atoms with E-state index >= 15 is 0 Å². The molecule has 0 aliphatic heterocycles. The summed E-state index contributed by atoms with van der Waals surface area (Å²) in [6.07, 6.45) is 0. The minimum absolute atomic E-state index is 0. The van der Waals surface area contributed by atoms with E-state index in [0.717, 1.165) is 0 Å². The summed E-state index contributed by atoms with van der Waals surface area (Å²) in [5, 5.41) is 3.43. The van der Waals surface area contributed by atoms with Crippen LogP contribution in [0.4, 0.5) is 0 Å².